The Hall–Kier alpha value is -1.82. The second-order valence-corrected chi connectivity index (χ2v) is 4.30. The van der Waals surface area contributed by atoms with Gasteiger partial charge in [0.25, 0.3) is 5.89 Å². The van der Waals surface area contributed by atoms with E-state index in [-0.39, 0.29) is 11.5 Å². The van der Waals surface area contributed by atoms with E-state index in [1.807, 2.05) is 0 Å². The van der Waals surface area contributed by atoms with Crippen molar-refractivity contribution < 1.29 is 13.3 Å². The molecule has 0 bridgehead atoms. The van der Waals surface area contributed by atoms with Crippen molar-refractivity contribution in [2.24, 2.45) is 0 Å². The largest absolute Gasteiger partial charge is 0.334 e. The van der Waals surface area contributed by atoms with Crippen LogP contribution in [0.4, 0.5) is 8.78 Å². The number of halogens is 2. The van der Waals surface area contributed by atoms with Crippen LogP contribution in [-0.4, -0.2) is 16.2 Å². The third-order valence-electron chi connectivity index (χ3n) is 2.76. The molecule has 0 spiro atoms. The topological polar surface area (TPSA) is 51.0 Å². The van der Waals surface area contributed by atoms with Gasteiger partial charge in [-0.15, -0.1) is 0 Å². The minimum Gasteiger partial charge on any atom is -0.334 e. The van der Waals surface area contributed by atoms with Crippen molar-refractivity contribution in [1.82, 2.24) is 15.5 Å². The summed E-state index contributed by atoms with van der Waals surface area (Å²) in [6.45, 7) is 0.497. The normalized spacial score (nSPS) is 15.0. The van der Waals surface area contributed by atoms with Gasteiger partial charge in [-0.05, 0) is 25.0 Å². The highest BCUT2D eigenvalue weighted by Crippen LogP contribution is 2.22. The molecule has 1 aromatic heterocycles. The average molecular weight is 251 g/mol. The van der Waals surface area contributed by atoms with Crippen LogP contribution < -0.4 is 5.32 Å². The van der Waals surface area contributed by atoms with Gasteiger partial charge in [-0.3, -0.25) is 0 Å². The van der Waals surface area contributed by atoms with Gasteiger partial charge in [-0.1, -0.05) is 5.16 Å². The zero-order valence-corrected chi connectivity index (χ0v) is 9.49. The third kappa shape index (κ3) is 2.38. The minimum atomic E-state index is -0.708. The summed E-state index contributed by atoms with van der Waals surface area (Å²) < 4.78 is 31.2. The fourth-order valence-corrected chi connectivity index (χ4v) is 1.62. The van der Waals surface area contributed by atoms with Crippen LogP contribution in [0.25, 0.3) is 11.5 Å². The lowest BCUT2D eigenvalue weighted by Gasteiger charge is -1.96. The highest BCUT2D eigenvalue weighted by molar-refractivity contribution is 5.53. The van der Waals surface area contributed by atoms with Gasteiger partial charge < -0.3 is 9.84 Å². The Morgan fingerprint density at radius 1 is 1.33 bits per heavy atom. The van der Waals surface area contributed by atoms with E-state index in [0.717, 1.165) is 25.0 Å². The van der Waals surface area contributed by atoms with E-state index >= 15 is 0 Å². The molecule has 0 amide bonds. The Kier molecular flexibility index (Phi) is 2.79. The molecule has 0 saturated heterocycles. The summed E-state index contributed by atoms with van der Waals surface area (Å²) >= 11 is 0. The SMILES string of the molecule is Fc1ccc(-c2nc(CNC3CC3)no2)c(F)c1. The van der Waals surface area contributed by atoms with Crippen LogP contribution in [-0.2, 0) is 6.54 Å². The molecule has 1 fully saturated rings. The van der Waals surface area contributed by atoms with Crippen molar-refractivity contribution in [3.63, 3.8) is 0 Å². The minimum absolute atomic E-state index is 0.0695. The molecule has 1 N–H and O–H groups in total. The summed E-state index contributed by atoms with van der Waals surface area (Å²) in [4.78, 5) is 4.07. The number of aromatic nitrogens is 2. The van der Waals surface area contributed by atoms with Gasteiger partial charge in [0.2, 0.25) is 0 Å². The first-order valence-electron chi connectivity index (χ1n) is 5.74. The fourth-order valence-electron chi connectivity index (χ4n) is 1.62. The lowest BCUT2D eigenvalue weighted by molar-refractivity contribution is 0.417. The molecule has 0 aliphatic heterocycles. The van der Waals surface area contributed by atoms with E-state index in [2.05, 4.69) is 15.5 Å². The molecule has 18 heavy (non-hydrogen) atoms. The van der Waals surface area contributed by atoms with Crippen molar-refractivity contribution in [3.8, 4) is 11.5 Å². The van der Waals surface area contributed by atoms with Crippen molar-refractivity contribution in [2.75, 3.05) is 0 Å². The quantitative estimate of drug-likeness (QED) is 0.905. The molecule has 1 heterocycles. The van der Waals surface area contributed by atoms with E-state index < -0.39 is 11.6 Å². The zero-order valence-electron chi connectivity index (χ0n) is 9.49. The highest BCUT2D eigenvalue weighted by atomic mass is 19.1. The summed E-state index contributed by atoms with van der Waals surface area (Å²) in [5.41, 5.74) is 0.113. The predicted molar refractivity (Wildman–Crippen MR) is 59.5 cm³/mol. The number of nitrogens with one attached hydrogen (secondary N) is 1. The number of hydrogen-bond acceptors (Lipinski definition) is 4. The molecule has 1 aliphatic carbocycles. The molecule has 2 aromatic rings. The van der Waals surface area contributed by atoms with Gasteiger partial charge in [0.05, 0.1) is 12.1 Å². The van der Waals surface area contributed by atoms with E-state index in [0.29, 0.717) is 18.4 Å². The summed E-state index contributed by atoms with van der Waals surface area (Å²) in [5, 5.41) is 6.97. The van der Waals surface area contributed by atoms with Crippen LogP contribution in [0.5, 0.6) is 0 Å². The maximum absolute atomic E-state index is 13.5. The average Bonchev–Trinajstić information content (AvgIpc) is 3.05. The lowest BCUT2D eigenvalue weighted by Crippen LogP contribution is -2.16. The van der Waals surface area contributed by atoms with Crippen LogP contribution in [0, 0.1) is 11.6 Å². The van der Waals surface area contributed by atoms with Crippen LogP contribution >= 0.6 is 0 Å². The van der Waals surface area contributed by atoms with Gasteiger partial charge in [-0.25, -0.2) is 8.78 Å². The molecule has 0 unspecified atom stereocenters. The summed E-state index contributed by atoms with van der Waals surface area (Å²) in [6, 6.07) is 3.78. The molecule has 1 aliphatic rings. The predicted octanol–water partition coefficient (Wildman–Crippen LogP) is 2.27. The van der Waals surface area contributed by atoms with E-state index in [4.69, 9.17) is 4.52 Å². The third-order valence-corrected chi connectivity index (χ3v) is 2.76. The number of nitrogens with zero attached hydrogens (tertiary/aromatic N) is 2. The van der Waals surface area contributed by atoms with Gasteiger partial charge in [0.15, 0.2) is 5.82 Å². The second-order valence-electron chi connectivity index (χ2n) is 4.30. The Balaban J connectivity index is 1.78. The van der Waals surface area contributed by atoms with E-state index in [9.17, 15) is 8.78 Å². The maximum atomic E-state index is 13.5. The maximum Gasteiger partial charge on any atom is 0.260 e. The second kappa shape index (κ2) is 4.45. The summed E-state index contributed by atoms with van der Waals surface area (Å²) in [6.07, 6.45) is 2.33. The monoisotopic (exact) mass is 251 g/mol. The number of benzene rings is 1. The van der Waals surface area contributed by atoms with Crippen molar-refractivity contribution in [3.05, 3.63) is 35.7 Å². The van der Waals surface area contributed by atoms with Crippen molar-refractivity contribution >= 4 is 0 Å². The molecule has 3 rings (SSSR count). The molecule has 94 valence electrons. The first-order valence-corrected chi connectivity index (χ1v) is 5.74. The Morgan fingerprint density at radius 3 is 2.89 bits per heavy atom. The molecule has 1 saturated carbocycles. The smallest absolute Gasteiger partial charge is 0.260 e. The summed E-state index contributed by atoms with van der Waals surface area (Å²) in [5.74, 6) is -0.799. The first kappa shape index (κ1) is 11.3. The van der Waals surface area contributed by atoms with Crippen LogP contribution in [0.1, 0.15) is 18.7 Å². The molecule has 0 radical (unpaired) electrons. The van der Waals surface area contributed by atoms with Gasteiger partial charge in [0, 0.05) is 12.1 Å². The molecular weight excluding hydrogens is 240 g/mol. The van der Waals surface area contributed by atoms with Crippen LogP contribution in [0.15, 0.2) is 22.7 Å². The van der Waals surface area contributed by atoms with Crippen LogP contribution in [0.3, 0.4) is 0 Å². The Morgan fingerprint density at radius 2 is 2.17 bits per heavy atom. The summed E-state index contributed by atoms with van der Waals surface area (Å²) in [7, 11) is 0. The van der Waals surface area contributed by atoms with Crippen molar-refractivity contribution in [2.45, 2.75) is 25.4 Å². The molecule has 4 nitrogen and oxygen atoms in total. The molecular formula is C12H11F2N3O. The van der Waals surface area contributed by atoms with E-state index in [1.165, 1.54) is 6.07 Å². The van der Waals surface area contributed by atoms with Gasteiger partial charge >= 0.3 is 0 Å². The Labute approximate surface area is 102 Å². The number of hydrogen-bond donors (Lipinski definition) is 1. The lowest BCUT2D eigenvalue weighted by atomic mass is 10.2. The zero-order chi connectivity index (χ0) is 12.5. The molecule has 6 heteroatoms. The molecule has 0 atom stereocenters. The van der Waals surface area contributed by atoms with Crippen LogP contribution in [0.2, 0.25) is 0 Å². The Bertz CT molecular complexity index is 566. The van der Waals surface area contributed by atoms with Gasteiger partial charge in [0.1, 0.15) is 11.6 Å². The molecule has 1 aromatic carbocycles. The van der Waals surface area contributed by atoms with E-state index in [1.54, 1.807) is 0 Å². The van der Waals surface area contributed by atoms with Gasteiger partial charge in [-0.2, -0.15) is 4.98 Å². The number of rotatable bonds is 4. The standard InChI is InChI=1S/C12H11F2N3O/c13-7-1-4-9(10(14)5-7)12-16-11(17-18-12)6-15-8-2-3-8/h1,4-5,8,15H,2-3,6H2. The van der Waals surface area contributed by atoms with Crippen molar-refractivity contribution in [1.29, 1.82) is 0 Å². The highest BCUT2D eigenvalue weighted by Gasteiger charge is 2.21. The fraction of sp³-hybridized carbons (Fsp3) is 0.333. The first-order chi connectivity index (χ1) is 8.72.